The molecule has 0 bridgehead atoms. The van der Waals surface area contributed by atoms with E-state index in [2.05, 4.69) is 0 Å². The van der Waals surface area contributed by atoms with Gasteiger partial charge in [0.2, 0.25) is 0 Å². The number of aliphatic hydroxyl groups excluding tert-OH is 1. The van der Waals surface area contributed by atoms with Gasteiger partial charge in [0, 0.05) is 17.9 Å². The predicted octanol–water partition coefficient (Wildman–Crippen LogP) is 0.0967. The Morgan fingerprint density at radius 2 is 1.95 bits per heavy atom. The average Bonchev–Trinajstić information content (AvgIpc) is 2.28. The molecule has 0 saturated carbocycles. The molecular weight excluding hydrogens is 266 g/mol. The number of carboxylic acid groups (broad SMARTS) is 2. The van der Waals surface area contributed by atoms with E-state index in [9.17, 15) is 28.6 Å². The highest BCUT2D eigenvalue weighted by Gasteiger charge is 2.60. The van der Waals surface area contributed by atoms with Crippen molar-refractivity contribution in [2.24, 2.45) is 11.3 Å². The van der Waals surface area contributed by atoms with Crippen LogP contribution in [0.1, 0.15) is 13.3 Å². The number of carbonyl (C=O) groups is 2. The molecule has 0 fully saturated rings. The summed E-state index contributed by atoms with van der Waals surface area (Å²) in [5, 5.41) is 37.3. The second-order valence-corrected chi connectivity index (χ2v) is 4.64. The summed E-state index contributed by atoms with van der Waals surface area (Å²) >= 11 is 0. The van der Waals surface area contributed by atoms with Gasteiger partial charge >= 0.3 is 11.9 Å². The Kier molecular flexibility index (Phi) is 3.97. The lowest BCUT2D eigenvalue weighted by Crippen LogP contribution is -2.59. The van der Waals surface area contributed by atoms with Gasteiger partial charge in [-0.05, 0) is 6.92 Å². The van der Waals surface area contributed by atoms with Crippen LogP contribution in [0.4, 0.5) is 8.78 Å². The first kappa shape index (κ1) is 15.5. The van der Waals surface area contributed by atoms with Crippen molar-refractivity contribution in [3.8, 4) is 0 Å². The van der Waals surface area contributed by atoms with Crippen LogP contribution in [0.15, 0.2) is 11.6 Å². The normalized spacial score (nSPS) is 35.1. The molecule has 4 N–H and O–H groups in total. The Bertz CT molecular complexity index is 435. The van der Waals surface area contributed by atoms with Crippen LogP contribution in [0.25, 0.3) is 0 Å². The average molecular weight is 280 g/mol. The van der Waals surface area contributed by atoms with E-state index in [4.69, 9.17) is 10.2 Å². The SMILES string of the molecule is CC1(C(=O)O)C(C(F)F)=CCC(O)(C(=O)O)C1CO. The van der Waals surface area contributed by atoms with E-state index < -0.39 is 53.9 Å². The van der Waals surface area contributed by atoms with E-state index in [0.29, 0.717) is 0 Å². The van der Waals surface area contributed by atoms with Crippen LogP contribution < -0.4 is 0 Å². The molecule has 0 aliphatic heterocycles. The molecule has 108 valence electrons. The maximum Gasteiger partial charge on any atom is 0.336 e. The summed E-state index contributed by atoms with van der Waals surface area (Å²) in [6, 6.07) is 0. The summed E-state index contributed by atoms with van der Waals surface area (Å²) in [4.78, 5) is 22.3. The molecular formula is C11H14F2O6. The first-order chi connectivity index (χ1) is 8.62. The lowest BCUT2D eigenvalue weighted by molar-refractivity contribution is -0.182. The van der Waals surface area contributed by atoms with Crippen molar-refractivity contribution in [1.29, 1.82) is 0 Å². The molecule has 0 heterocycles. The van der Waals surface area contributed by atoms with Gasteiger partial charge in [-0.15, -0.1) is 0 Å². The number of hydrogen-bond donors (Lipinski definition) is 4. The van der Waals surface area contributed by atoms with Crippen LogP contribution >= 0.6 is 0 Å². The van der Waals surface area contributed by atoms with Crippen molar-refractivity contribution >= 4 is 11.9 Å². The van der Waals surface area contributed by atoms with Crippen LogP contribution in [0.5, 0.6) is 0 Å². The molecule has 3 unspecified atom stereocenters. The molecule has 0 aromatic heterocycles. The Balaban J connectivity index is 3.50. The van der Waals surface area contributed by atoms with Crippen molar-refractivity contribution in [1.82, 2.24) is 0 Å². The van der Waals surface area contributed by atoms with Crippen LogP contribution in [0, 0.1) is 11.3 Å². The first-order valence-electron chi connectivity index (χ1n) is 5.41. The van der Waals surface area contributed by atoms with Gasteiger partial charge in [0.1, 0.15) is 0 Å². The van der Waals surface area contributed by atoms with E-state index in [1.807, 2.05) is 0 Å². The molecule has 8 heteroatoms. The lowest BCUT2D eigenvalue weighted by Gasteiger charge is -2.45. The standard InChI is InChI=1S/C11H14F2O6/c1-10(8(15)16)5(7(12)13)2-3-11(19,9(17)18)6(10)4-14/h2,6-7,14,19H,3-4H2,1H3,(H,15,16)(H,17,18). The summed E-state index contributed by atoms with van der Waals surface area (Å²) in [7, 11) is 0. The Morgan fingerprint density at radius 3 is 2.26 bits per heavy atom. The minimum Gasteiger partial charge on any atom is -0.481 e. The lowest BCUT2D eigenvalue weighted by atomic mass is 9.60. The van der Waals surface area contributed by atoms with E-state index >= 15 is 0 Å². The molecule has 0 aromatic rings. The zero-order valence-corrected chi connectivity index (χ0v) is 10.0. The molecule has 0 aromatic carbocycles. The van der Waals surface area contributed by atoms with Gasteiger partial charge < -0.3 is 20.4 Å². The number of rotatable bonds is 4. The second-order valence-electron chi connectivity index (χ2n) is 4.64. The van der Waals surface area contributed by atoms with Crippen molar-refractivity contribution in [2.45, 2.75) is 25.4 Å². The predicted molar refractivity (Wildman–Crippen MR) is 57.6 cm³/mol. The number of alkyl halides is 2. The summed E-state index contributed by atoms with van der Waals surface area (Å²) in [6.07, 6.45) is -3.08. The Hall–Kier alpha value is -1.54. The van der Waals surface area contributed by atoms with Crippen molar-refractivity contribution in [2.75, 3.05) is 6.61 Å². The highest BCUT2D eigenvalue weighted by atomic mass is 19.3. The Morgan fingerprint density at radius 1 is 1.42 bits per heavy atom. The van der Waals surface area contributed by atoms with E-state index in [1.54, 1.807) is 0 Å². The van der Waals surface area contributed by atoms with Gasteiger partial charge in [0.15, 0.2) is 5.60 Å². The number of halogens is 2. The Labute approximate surface area is 107 Å². The third-order valence-corrected chi connectivity index (χ3v) is 3.74. The topological polar surface area (TPSA) is 115 Å². The molecule has 1 rings (SSSR count). The molecule has 0 spiro atoms. The van der Waals surface area contributed by atoms with Gasteiger partial charge in [-0.1, -0.05) is 6.08 Å². The number of carboxylic acids is 2. The van der Waals surface area contributed by atoms with E-state index in [0.717, 1.165) is 13.0 Å². The molecule has 0 amide bonds. The fraction of sp³-hybridized carbons (Fsp3) is 0.636. The highest BCUT2D eigenvalue weighted by Crippen LogP contribution is 2.49. The first-order valence-corrected chi connectivity index (χ1v) is 5.41. The van der Waals surface area contributed by atoms with Gasteiger partial charge in [0.05, 0.1) is 12.0 Å². The van der Waals surface area contributed by atoms with Crippen LogP contribution in [0.3, 0.4) is 0 Å². The highest BCUT2D eigenvalue weighted by molar-refractivity contribution is 5.85. The molecule has 1 aliphatic carbocycles. The fourth-order valence-electron chi connectivity index (χ4n) is 2.46. The van der Waals surface area contributed by atoms with Gasteiger partial charge in [0.25, 0.3) is 6.43 Å². The third kappa shape index (κ3) is 2.10. The number of hydrogen-bond acceptors (Lipinski definition) is 4. The largest absolute Gasteiger partial charge is 0.481 e. The van der Waals surface area contributed by atoms with E-state index in [-0.39, 0.29) is 0 Å². The van der Waals surface area contributed by atoms with Crippen LogP contribution in [-0.2, 0) is 9.59 Å². The molecule has 0 saturated heterocycles. The summed E-state index contributed by atoms with van der Waals surface area (Å²) in [5.41, 5.74) is -5.75. The molecule has 6 nitrogen and oxygen atoms in total. The van der Waals surface area contributed by atoms with Crippen LogP contribution in [-0.4, -0.2) is 51.0 Å². The van der Waals surface area contributed by atoms with E-state index in [1.165, 1.54) is 0 Å². The number of aliphatic hydroxyl groups is 2. The zero-order chi connectivity index (χ0) is 15.0. The minimum atomic E-state index is -3.12. The maximum absolute atomic E-state index is 12.9. The van der Waals surface area contributed by atoms with Crippen molar-refractivity contribution in [3.05, 3.63) is 11.6 Å². The maximum atomic E-state index is 12.9. The summed E-state index contributed by atoms with van der Waals surface area (Å²) in [6.45, 7) is -0.170. The van der Waals surface area contributed by atoms with Crippen LogP contribution in [0.2, 0.25) is 0 Å². The quantitative estimate of drug-likeness (QED) is 0.543. The van der Waals surface area contributed by atoms with Gasteiger partial charge in [-0.25, -0.2) is 13.6 Å². The van der Waals surface area contributed by atoms with Crippen molar-refractivity contribution in [3.63, 3.8) is 0 Å². The molecule has 3 atom stereocenters. The van der Waals surface area contributed by atoms with Crippen molar-refractivity contribution < 1.29 is 38.8 Å². The number of aliphatic carboxylic acids is 2. The molecule has 19 heavy (non-hydrogen) atoms. The summed E-state index contributed by atoms with van der Waals surface area (Å²) < 4.78 is 25.8. The van der Waals surface area contributed by atoms with Gasteiger partial charge in [-0.3, -0.25) is 4.79 Å². The smallest absolute Gasteiger partial charge is 0.336 e. The summed E-state index contributed by atoms with van der Waals surface area (Å²) in [5.74, 6) is -5.26. The molecule has 0 radical (unpaired) electrons. The minimum absolute atomic E-state index is 0.684. The third-order valence-electron chi connectivity index (χ3n) is 3.74. The zero-order valence-electron chi connectivity index (χ0n) is 10.0. The second kappa shape index (κ2) is 4.86. The van der Waals surface area contributed by atoms with Gasteiger partial charge in [-0.2, -0.15) is 0 Å². The fourth-order valence-corrected chi connectivity index (χ4v) is 2.46. The molecule has 1 aliphatic rings. The monoisotopic (exact) mass is 280 g/mol.